The standard InChI is InChI=1S/C30H29ClN8O2/c1-18-5-4-6-27(24-11-20(9-10-32-24)29-25(36-30(18)41)14-35-37(29)3)39-17-34-23(13-28(39)40)22-12-21(31)7-8-26(22)38-15-19(2)33-16-38/h7-18,27H,4-6H2,1-3H3,(H,36,41)/t18-,27+/m1/s1. The van der Waals surface area contributed by atoms with Crippen LogP contribution in [-0.2, 0) is 11.8 Å². The molecule has 5 heterocycles. The van der Waals surface area contributed by atoms with Crippen LogP contribution >= 0.6 is 11.6 Å². The molecule has 0 saturated heterocycles. The maximum atomic E-state index is 13.7. The summed E-state index contributed by atoms with van der Waals surface area (Å²) < 4.78 is 5.25. The second kappa shape index (κ2) is 10.8. The van der Waals surface area contributed by atoms with Crippen molar-refractivity contribution in [1.82, 2.24) is 33.9 Å². The number of aryl methyl sites for hydroxylation is 2. The molecule has 5 aromatic rings. The van der Waals surface area contributed by atoms with E-state index in [9.17, 15) is 9.59 Å². The van der Waals surface area contributed by atoms with Gasteiger partial charge in [-0.3, -0.25) is 23.8 Å². The quantitative estimate of drug-likeness (QED) is 0.320. The number of hydrogen-bond acceptors (Lipinski definition) is 6. The van der Waals surface area contributed by atoms with Crippen molar-refractivity contribution in [2.75, 3.05) is 5.32 Å². The Labute approximate surface area is 241 Å². The smallest absolute Gasteiger partial charge is 0.254 e. The lowest BCUT2D eigenvalue weighted by atomic mass is 9.97. The van der Waals surface area contributed by atoms with Crippen LogP contribution in [-0.4, -0.2) is 39.8 Å². The second-order valence-electron chi connectivity index (χ2n) is 10.4. The Hall–Kier alpha value is -4.57. The van der Waals surface area contributed by atoms with Gasteiger partial charge in [-0.1, -0.05) is 24.9 Å². The number of fused-ring (bicyclic) bond motifs is 4. The molecule has 1 amide bonds. The molecule has 11 heteroatoms. The van der Waals surface area contributed by atoms with Crippen molar-refractivity contribution in [3.63, 3.8) is 0 Å². The number of anilines is 1. The number of benzene rings is 1. The maximum absolute atomic E-state index is 13.7. The highest BCUT2D eigenvalue weighted by Crippen LogP contribution is 2.33. The Kier molecular flexibility index (Phi) is 7.00. The van der Waals surface area contributed by atoms with Crippen molar-refractivity contribution in [3.05, 3.63) is 94.4 Å². The number of amides is 1. The predicted octanol–water partition coefficient (Wildman–Crippen LogP) is 5.20. The third-order valence-corrected chi connectivity index (χ3v) is 7.79. The van der Waals surface area contributed by atoms with Gasteiger partial charge in [0.1, 0.15) is 0 Å². The highest BCUT2D eigenvalue weighted by atomic mass is 35.5. The van der Waals surface area contributed by atoms with Gasteiger partial charge in [-0.2, -0.15) is 5.10 Å². The summed E-state index contributed by atoms with van der Waals surface area (Å²) in [5.74, 6) is -0.265. The van der Waals surface area contributed by atoms with Crippen molar-refractivity contribution < 1.29 is 4.79 Å². The zero-order valence-electron chi connectivity index (χ0n) is 23.0. The fourth-order valence-corrected chi connectivity index (χ4v) is 5.54. The van der Waals surface area contributed by atoms with Crippen molar-refractivity contribution in [3.8, 4) is 28.2 Å². The van der Waals surface area contributed by atoms with Crippen LogP contribution in [0.3, 0.4) is 0 Å². The van der Waals surface area contributed by atoms with Crippen LogP contribution < -0.4 is 10.9 Å². The first-order valence-corrected chi connectivity index (χ1v) is 13.8. The molecule has 0 radical (unpaired) electrons. The topological polar surface area (TPSA) is 113 Å². The first kappa shape index (κ1) is 26.6. The van der Waals surface area contributed by atoms with Gasteiger partial charge in [0.05, 0.1) is 59.0 Å². The van der Waals surface area contributed by atoms with Gasteiger partial charge in [0.2, 0.25) is 5.91 Å². The Morgan fingerprint density at radius 2 is 1.88 bits per heavy atom. The summed E-state index contributed by atoms with van der Waals surface area (Å²) in [6, 6.07) is 10.5. The molecular formula is C30H29ClN8O2. The molecule has 1 aliphatic heterocycles. The third-order valence-electron chi connectivity index (χ3n) is 7.55. The number of nitrogens with one attached hydrogen (secondary N) is 1. The number of halogens is 1. The maximum Gasteiger partial charge on any atom is 0.254 e. The zero-order valence-corrected chi connectivity index (χ0v) is 23.7. The SMILES string of the molecule is Cc1cn(-c2ccc(Cl)cc2-c2cc(=O)n([C@H]3CCC[C@@H](C)C(=O)Nc4cnn(C)c4-c4ccnc3c4)cn2)cn1. The van der Waals surface area contributed by atoms with E-state index < -0.39 is 0 Å². The Balaban J connectivity index is 1.44. The first-order valence-electron chi connectivity index (χ1n) is 13.5. The van der Waals surface area contributed by atoms with E-state index in [0.717, 1.165) is 40.3 Å². The highest BCUT2D eigenvalue weighted by Gasteiger charge is 2.24. The highest BCUT2D eigenvalue weighted by molar-refractivity contribution is 6.31. The molecule has 0 saturated carbocycles. The van der Waals surface area contributed by atoms with Gasteiger partial charge < -0.3 is 9.88 Å². The van der Waals surface area contributed by atoms with Crippen LogP contribution in [0.1, 0.15) is 43.6 Å². The van der Waals surface area contributed by atoms with E-state index in [1.54, 1.807) is 46.4 Å². The number of rotatable bonds is 3. The largest absolute Gasteiger partial charge is 0.323 e. The molecule has 10 nitrogen and oxygen atoms in total. The number of carbonyl (C=O) groups excluding carboxylic acids is 1. The van der Waals surface area contributed by atoms with Gasteiger partial charge in [-0.25, -0.2) is 9.97 Å². The molecule has 2 bridgehead atoms. The molecule has 1 aromatic carbocycles. The molecule has 0 fully saturated rings. The average molecular weight is 569 g/mol. The number of hydrogen-bond donors (Lipinski definition) is 1. The molecule has 1 N–H and O–H groups in total. The van der Waals surface area contributed by atoms with Gasteiger partial charge in [0, 0.05) is 47.6 Å². The monoisotopic (exact) mass is 568 g/mol. The first-order chi connectivity index (χ1) is 19.8. The fourth-order valence-electron chi connectivity index (χ4n) is 5.37. The summed E-state index contributed by atoms with van der Waals surface area (Å²) in [6.07, 6.45) is 10.6. The summed E-state index contributed by atoms with van der Waals surface area (Å²) in [4.78, 5) is 40.4. The molecule has 0 spiro atoms. The number of imidazole rings is 1. The van der Waals surface area contributed by atoms with Gasteiger partial charge in [0.15, 0.2) is 0 Å². The van der Waals surface area contributed by atoms with Crippen LogP contribution in [0.15, 0.2) is 72.4 Å². The zero-order chi connectivity index (χ0) is 28.7. The minimum atomic E-state index is -0.370. The minimum Gasteiger partial charge on any atom is -0.323 e. The molecule has 0 unspecified atom stereocenters. The summed E-state index contributed by atoms with van der Waals surface area (Å²) in [7, 11) is 1.83. The Bertz CT molecular complexity index is 1820. The summed E-state index contributed by atoms with van der Waals surface area (Å²) in [5.41, 5.74) is 5.72. The van der Waals surface area contributed by atoms with E-state index in [-0.39, 0.29) is 23.4 Å². The lowest BCUT2D eigenvalue weighted by Gasteiger charge is -2.22. The van der Waals surface area contributed by atoms with Gasteiger partial charge >= 0.3 is 0 Å². The van der Waals surface area contributed by atoms with Crippen molar-refractivity contribution >= 4 is 23.2 Å². The van der Waals surface area contributed by atoms with Gasteiger partial charge in [0.25, 0.3) is 5.56 Å². The number of nitrogens with zero attached hydrogens (tertiary/aromatic N) is 7. The number of pyridine rings is 1. The van der Waals surface area contributed by atoms with Crippen LogP contribution in [0.2, 0.25) is 5.02 Å². The van der Waals surface area contributed by atoms with Crippen molar-refractivity contribution in [2.24, 2.45) is 13.0 Å². The van der Waals surface area contributed by atoms with E-state index in [4.69, 9.17) is 16.6 Å². The van der Waals surface area contributed by atoms with Crippen molar-refractivity contribution in [2.45, 2.75) is 39.2 Å². The van der Waals surface area contributed by atoms with E-state index in [1.165, 1.54) is 6.07 Å². The van der Waals surface area contributed by atoms with Gasteiger partial charge in [-0.05, 0) is 50.1 Å². The normalized spacial score (nSPS) is 17.3. The molecule has 41 heavy (non-hydrogen) atoms. The average Bonchev–Trinajstić information content (AvgIpc) is 3.55. The summed E-state index contributed by atoms with van der Waals surface area (Å²) >= 11 is 6.36. The predicted molar refractivity (Wildman–Crippen MR) is 157 cm³/mol. The molecule has 208 valence electrons. The molecular weight excluding hydrogens is 540 g/mol. The Morgan fingerprint density at radius 3 is 2.66 bits per heavy atom. The van der Waals surface area contributed by atoms with Crippen LogP contribution in [0.5, 0.6) is 0 Å². The number of carbonyl (C=O) groups is 1. The van der Waals surface area contributed by atoms with E-state index >= 15 is 0 Å². The Morgan fingerprint density at radius 1 is 1.02 bits per heavy atom. The molecule has 2 atom stereocenters. The van der Waals surface area contributed by atoms with E-state index in [0.29, 0.717) is 29.2 Å². The van der Waals surface area contributed by atoms with E-state index in [1.807, 2.05) is 49.9 Å². The lowest BCUT2D eigenvalue weighted by molar-refractivity contribution is -0.119. The van der Waals surface area contributed by atoms with Crippen molar-refractivity contribution in [1.29, 1.82) is 0 Å². The molecule has 0 aliphatic carbocycles. The number of aromatic nitrogens is 7. The van der Waals surface area contributed by atoms with Crippen LogP contribution in [0, 0.1) is 12.8 Å². The third kappa shape index (κ3) is 5.18. The molecule has 6 rings (SSSR count). The van der Waals surface area contributed by atoms with E-state index in [2.05, 4.69) is 20.4 Å². The minimum absolute atomic E-state index is 0.0562. The van der Waals surface area contributed by atoms with Crippen LogP contribution in [0.4, 0.5) is 5.69 Å². The molecule has 1 aliphatic rings. The summed E-state index contributed by atoms with van der Waals surface area (Å²) in [6.45, 7) is 3.83. The summed E-state index contributed by atoms with van der Waals surface area (Å²) in [5, 5.41) is 7.94. The van der Waals surface area contributed by atoms with Crippen LogP contribution in [0.25, 0.3) is 28.2 Å². The molecule has 4 aromatic heterocycles. The lowest BCUT2D eigenvalue weighted by Crippen LogP contribution is -2.27. The fraction of sp³-hybridized carbons (Fsp3) is 0.267. The van der Waals surface area contributed by atoms with Gasteiger partial charge in [-0.15, -0.1) is 0 Å². The second-order valence-corrected chi connectivity index (χ2v) is 10.9.